The number of carbonyl (C=O) groups excluding carboxylic acids is 1. The minimum Gasteiger partial charge on any atom is -0.497 e. The van der Waals surface area contributed by atoms with Crippen LogP contribution < -0.4 is 10.1 Å². The Kier molecular flexibility index (Phi) is 4.67. The highest BCUT2D eigenvalue weighted by Gasteiger charge is 2.23. The van der Waals surface area contributed by atoms with Gasteiger partial charge in [-0.3, -0.25) is 9.48 Å². The zero-order chi connectivity index (χ0) is 18.8. The molecule has 3 aromatic rings. The van der Waals surface area contributed by atoms with Gasteiger partial charge in [0.15, 0.2) is 0 Å². The van der Waals surface area contributed by atoms with Crippen molar-refractivity contribution in [3.05, 3.63) is 71.4 Å². The molecule has 0 spiro atoms. The van der Waals surface area contributed by atoms with Gasteiger partial charge in [0, 0.05) is 12.6 Å². The van der Waals surface area contributed by atoms with Gasteiger partial charge in [-0.25, -0.2) is 0 Å². The standard InChI is InChI=1S/C22H23N3O2/c1-25-21(14-20(24-25)16-9-5-10-17(13-16)27-2)22(26)23-19-12-6-8-15-7-3-4-11-18(15)19/h3-5,7,9-11,13-14,19H,6,8,12H2,1-2H3,(H,23,26)/t19-/m0/s1. The number of nitrogens with one attached hydrogen (secondary N) is 1. The number of aromatic nitrogens is 2. The van der Waals surface area contributed by atoms with Crippen LogP contribution in [0.5, 0.6) is 5.75 Å². The highest BCUT2D eigenvalue weighted by atomic mass is 16.5. The molecular weight excluding hydrogens is 338 g/mol. The molecule has 1 N–H and O–H groups in total. The van der Waals surface area contributed by atoms with E-state index in [2.05, 4.69) is 28.6 Å². The fraction of sp³-hybridized carbons (Fsp3) is 0.273. The van der Waals surface area contributed by atoms with Gasteiger partial charge in [-0.1, -0.05) is 36.4 Å². The summed E-state index contributed by atoms with van der Waals surface area (Å²) in [5, 5.41) is 7.71. The molecule has 5 heteroatoms. The lowest BCUT2D eigenvalue weighted by molar-refractivity contribution is 0.0923. The summed E-state index contributed by atoms with van der Waals surface area (Å²) in [6.45, 7) is 0. The quantitative estimate of drug-likeness (QED) is 0.767. The number of benzene rings is 2. The molecule has 0 unspecified atom stereocenters. The summed E-state index contributed by atoms with van der Waals surface area (Å²) in [5.41, 5.74) is 4.79. The zero-order valence-corrected chi connectivity index (χ0v) is 15.6. The van der Waals surface area contributed by atoms with E-state index in [1.807, 2.05) is 36.4 Å². The second-order valence-electron chi connectivity index (χ2n) is 6.89. The van der Waals surface area contributed by atoms with Crippen molar-refractivity contribution in [2.24, 2.45) is 7.05 Å². The smallest absolute Gasteiger partial charge is 0.270 e. The van der Waals surface area contributed by atoms with Gasteiger partial charge in [0.05, 0.1) is 18.8 Å². The SMILES string of the molecule is COc1cccc(-c2cc(C(=O)N[C@H]3CCCc4ccccc43)n(C)n2)c1. The molecule has 1 aliphatic carbocycles. The molecule has 0 saturated carbocycles. The molecule has 0 aliphatic heterocycles. The summed E-state index contributed by atoms with van der Waals surface area (Å²) in [6, 6.07) is 17.9. The highest BCUT2D eigenvalue weighted by molar-refractivity contribution is 5.94. The number of fused-ring (bicyclic) bond motifs is 1. The number of ether oxygens (including phenoxy) is 1. The number of amides is 1. The molecule has 0 saturated heterocycles. The van der Waals surface area contributed by atoms with Crippen LogP contribution in [0.2, 0.25) is 0 Å². The van der Waals surface area contributed by atoms with Crippen molar-refractivity contribution in [1.29, 1.82) is 0 Å². The first kappa shape index (κ1) is 17.3. The predicted octanol–water partition coefficient (Wildman–Crippen LogP) is 3.90. The van der Waals surface area contributed by atoms with Crippen LogP contribution in [0.25, 0.3) is 11.3 Å². The molecule has 5 nitrogen and oxygen atoms in total. The fourth-order valence-corrected chi connectivity index (χ4v) is 3.74. The van der Waals surface area contributed by atoms with Crippen LogP contribution in [0.15, 0.2) is 54.6 Å². The van der Waals surface area contributed by atoms with E-state index in [1.165, 1.54) is 11.1 Å². The van der Waals surface area contributed by atoms with Crippen molar-refractivity contribution in [3.63, 3.8) is 0 Å². The Morgan fingerprint density at radius 2 is 2.04 bits per heavy atom. The molecule has 138 valence electrons. The van der Waals surface area contributed by atoms with E-state index in [9.17, 15) is 4.79 Å². The third kappa shape index (κ3) is 3.45. The van der Waals surface area contributed by atoms with E-state index in [-0.39, 0.29) is 11.9 Å². The summed E-state index contributed by atoms with van der Waals surface area (Å²) in [7, 11) is 3.44. The van der Waals surface area contributed by atoms with Crippen LogP contribution in [-0.2, 0) is 13.5 Å². The average Bonchev–Trinajstić information content (AvgIpc) is 3.10. The van der Waals surface area contributed by atoms with Crippen molar-refractivity contribution >= 4 is 5.91 Å². The Morgan fingerprint density at radius 1 is 1.19 bits per heavy atom. The van der Waals surface area contributed by atoms with Crippen molar-refractivity contribution in [3.8, 4) is 17.0 Å². The van der Waals surface area contributed by atoms with Crippen molar-refractivity contribution in [2.45, 2.75) is 25.3 Å². The average molecular weight is 361 g/mol. The van der Waals surface area contributed by atoms with Gasteiger partial charge in [-0.05, 0) is 48.6 Å². The molecule has 27 heavy (non-hydrogen) atoms. The Labute approximate surface area is 159 Å². The maximum atomic E-state index is 12.9. The first-order valence-corrected chi connectivity index (χ1v) is 9.23. The molecule has 0 bridgehead atoms. The number of methoxy groups -OCH3 is 1. The van der Waals surface area contributed by atoms with Crippen LogP contribution in [0, 0.1) is 0 Å². The molecule has 4 rings (SSSR count). The van der Waals surface area contributed by atoms with Gasteiger partial charge >= 0.3 is 0 Å². The number of nitrogens with zero attached hydrogens (tertiary/aromatic N) is 2. The number of aryl methyl sites for hydroxylation is 2. The molecule has 0 radical (unpaired) electrons. The Morgan fingerprint density at radius 3 is 2.89 bits per heavy atom. The molecule has 0 fully saturated rings. The third-order valence-electron chi connectivity index (χ3n) is 5.15. The largest absolute Gasteiger partial charge is 0.497 e. The topological polar surface area (TPSA) is 56.1 Å². The normalized spacial score (nSPS) is 15.9. The number of hydrogen-bond donors (Lipinski definition) is 1. The van der Waals surface area contributed by atoms with Gasteiger partial charge in [0.25, 0.3) is 5.91 Å². The first-order chi connectivity index (χ1) is 13.2. The van der Waals surface area contributed by atoms with E-state index in [0.29, 0.717) is 5.69 Å². The van der Waals surface area contributed by atoms with Crippen LogP contribution in [-0.4, -0.2) is 22.8 Å². The minimum absolute atomic E-state index is 0.0534. The number of rotatable bonds is 4. The highest BCUT2D eigenvalue weighted by Crippen LogP contribution is 2.30. The third-order valence-corrected chi connectivity index (χ3v) is 5.15. The molecular formula is C22H23N3O2. The van der Waals surface area contributed by atoms with Gasteiger partial charge in [-0.2, -0.15) is 5.10 Å². The number of hydrogen-bond acceptors (Lipinski definition) is 3. The van der Waals surface area contributed by atoms with Crippen molar-refractivity contribution in [1.82, 2.24) is 15.1 Å². The minimum atomic E-state index is -0.0964. The predicted molar refractivity (Wildman–Crippen MR) is 105 cm³/mol. The lowest BCUT2D eigenvalue weighted by Crippen LogP contribution is -2.32. The molecule has 1 aromatic heterocycles. The first-order valence-electron chi connectivity index (χ1n) is 9.23. The fourth-order valence-electron chi connectivity index (χ4n) is 3.74. The lowest BCUT2D eigenvalue weighted by atomic mass is 9.87. The second-order valence-corrected chi connectivity index (χ2v) is 6.89. The second kappa shape index (κ2) is 7.27. The molecule has 1 atom stereocenters. The van der Waals surface area contributed by atoms with Gasteiger partial charge in [0.2, 0.25) is 0 Å². The van der Waals surface area contributed by atoms with Gasteiger partial charge in [-0.15, -0.1) is 0 Å². The monoisotopic (exact) mass is 361 g/mol. The molecule has 1 aliphatic rings. The lowest BCUT2D eigenvalue weighted by Gasteiger charge is -2.26. The summed E-state index contributed by atoms with van der Waals surface area (Å²) < 4.78 is 6.92. The molecule has 1 amide bonds. The summed E-state index contributed by atoms with van der Waals surface area (Å²) >= 11 is 0. The summed E-state index contributed by atoms with van der Waals surface area (Å²) in [5.74, 6) is 0.670. The van der Waals surface area contributed by atoms with Crippen LogP contribution >= 0.6 is 0 Å². The van der Waals surface area contributed by atoms with E-state index in [0.717, 1.165) is 36.3 Å². The van der Waals surface area contributed by atoms with Gasteiger partial charge < -0.3 is 10.1 Å². The maximum absolute atomic E-state index is 12.9. The van der Waals surface area contributed by atoms with E-state index < -0.39 is 0 Å². The maximum Gasteiger partial charge on any atom is 0.270 e. The molecule has 1 heterocycles. The van der Waals surface area contributed by atoms with Crippen molar-refractivity contribution < 1.29 is 9.53 Å². The molecule has 2 aromatic carbocycles. The summed E-state index contributed by atoms with van der Waals surface area (Å²) in [6.07, 6.45) is 3.12. The number of carbonyl (C=O) groups is 1. The van der Waals surface area contributed by atoms with Crippen LogP contribution in [0.4, 0.5) is 0 Å². The van der Waals surface area contributed by atoms with E-state index in [4.69, 9.17) is 4.74 Å². The zero-order valence-electron chi connectivity index (χ0n) is 15.6. The van der Waals surface area contributed by atoms with Gasteiger partial charge in [0.1, 0.15) is 11.4 Å². The Bertz CT molecular complexity index is 977. The van der Waals surface area contributed by atoms with E-state index >= 15 is 0 Å². The van der Waals surface area contributed by atoms with Crippen molar-refractivity contribution in [2.75, 3.05) is 7.11 Å². The Hall–Kier alpha value is -3.08. The van der Waals surface area contributed by atoms with Crippen LogP contribution in [0.1, 0.15) is 40.5 Å². The Balaban J connectivity index is 1.57. The van der Waals surface area contributed by atoms with E-state index in [1.54, 1.807) is 18.8 Å². The summed E-state index contributed by atoms with van der Waals surface area (Å²) in [4.78, 5) is 12.9. The van der Waals surface area contributed by atoms with Crippen LogP contribution in [0.3, 0.4) is 0 Å².